The van der Waals surface area contributed by atoms with Gasteiger partial charge in [-0.25, -0.2) is 13.1 Å². The van der Waals surface area contributed by atoms with Crippen molar-refractivity contribution in [3.05, 3.63) is 75.8 Å². The van der Waals surface area contributed by atoms with Crippen molar-refractivity contribution in [3.63, 3.8) is 0 Å². The molecule has 0 aromatic heterocycles. The Labute approximate surface area is 177 Å². The van der Waals surface area contributed by atoms with Crippen LogP contribution in [0, 0.1) is 0 Å². The molecule has 0 fully saturated rings. The number of ether oxygens (including phenoxy) is 2. The van der Waals surface area contributed by atoms with E-state index in [0.29, 0.717) is 5.56 Å². The van der Waals surface area contributed by atoms with Gasteiger partial charge >= 0.3 is 5.97 Å². The van der Waals surface area contributed by atoms with Crippen LogP contribution in [-0.4, -0.2) is 20.2 Å². The van der Waals surface area contributed by atoms with Gasteiger partial charge in [-0.3, -0.25) is 9.59 Å². The highest BCUT2D eigenvalue weighted by atomic mass is 35.5. The highest BCUT2D eigenvalue weighted by Crippen LogP contribution is 2.40. The lowest BCUT2D eigenvalue weighted by atomic mass is 9.91. The maximum atomic E-state index is 13.0. The van der Waals surface area contributed by atoms with Gasteiger partial charge < -0.3 is 9.47 Å². The van der Waals surface area contributed by atoms with Crippen molar-refractivity contribution in [2.45, 2.75) is 24.3 Å². The molecule has 2 aromatic rings. The largest absolute Gasteiger partial charge is 0.456 e. The Morgan fingerprint density at radius 1 is 1.10 bits per heavy atom. The van der Waals surface area contributed by atoms with Gasteiger partial charge in [0.15, 0.2) is 5.60 Å². The maximum absolute atomic E-state index is 13.0. The zero-order chi connectivity index (χ0) is 21.4. The highest BCUT2D eigenvalue weighted by Gasteiger charge is 2.50. The molecule has 1 aliphatic rings. The Balaban J connectivity index is 2.03. The summed E-state index contributed by atoms with van der Waals surface area (Å²) in [6, 6.07) is 11.9. The van der Waals surface area contributed by atoms with Gasteiger partial charge in [0.05, 0.1) is 14.9 Å². The number of Topliss-reactive ketones (excluding diaryl/α,β-unsaturated/α-hetero) is 1. The average Bonchev–Trinajstić information content (AvgIpc) is 2.89. The second-order valence-corrected chi connectivity index (χ2v) is 8.76. The van der Waals surface area contributed by atoms with Crippen molar-refractivity contribution in [2.24, 2.45) is 0 Å². The van der Waals surface area contributed by atoms with Crippen molar-refractivity contribution in [1.29, 1.82) is 0 Å². The van der Waals surface area contributed by atoms with Crippen molar-refractivity contribution in [2.75, 3.05) is 0 Å². The minimum Gasteiger partial charge on any atom is -0.456 e. The molecule has 0 saturated carbocycles. The number of carbonyl (C=O) groups is 2. The number of hydrogen-bond acceptors (Lipinski definition) is 6. The van der Waals surface area contributed by atoms with Crippen LogP contribution < -0.4 is 4.72 Å². The van der Waals surface area contributed by atoms with E-state index in [-0.39, 0.29) is 14.9 Å². The Kier molecular flexibility index (Phi) is 5.62. The minimum atomic E-state index is -4.11. The molecule has 1 N–H and O–H groups in total. The second-order valence-electron chi connectivity index (χ2n) is 6.26. The first-order valence-corrected chi connectivity index (χ1v) is 10.5. The van der Waals surface area contributed by atoms with E-state index in [4.69, 9.17) is 32.7 Å². The molecule has 3 rings (SSSR count). The lowest BCUT2D eigenvalue weighted by molar-refractivity contribution is -0.142. The first kappa shape index (κ1) is 21.2. The van der Waals surface area contributed by atoms with Crippen LogP contribution in [0.25, 0.3) is 0 Å². The van der Waals surface area contributed by atoms with Crippen LogP contribution in [0.15, 0.2) is 65.1 Å². The third-order valence-electron chi connectivity index (χ3n) is 4.15. The van der Waals surface area contributed by atoms with E-state index >= 15 is 0 Å². The molecule has 1 heterocycles. The Hall–Kier alpha value is -2.55. The lowest BCUT2D eigenvalue weighted by Gasteiger charge is -2.24. The first-order valence-electron chi connectivity index (χ1n) is 8.24. The number of benzene rings is 2. The number of ketones is 1. The molecule has 0 saturated heterocycles. The second kappa shape index (κ2) is 7.70. The van der Waals surface area contributed by atoms with E-state index in [2.05, 4.69) is 4.72 Å². The van der Waals surface area contributed by atoms with E-state index in [1.54, 1.807) is 6.07 Å². The molecule has 1 unspecified atom stereocenters. The van der Waals surface area contributed by atoms with Gasteiger partial charge in [-0.1, -0.05) is 47.5 Å². The summed E-state index contributed by atoms with van der Waals surface area (Å²) in [5, 5.41) is 0.441. The molecule has 0 aliphatic carbocycles. The molecule has 152 valence electrons. The zero-order valence-electron chi connectivity index (χ0n) is 15.2. The van der Waals surface area contributed by atoms with Crippen LogP contribution in [0.2, 0.25) is 10.0 Å². The summed E-state index contributed by atoms with van der Waals surface area (Å²) in [6.07, 6.45) is 0. The summed E-state index contributed by atoms with van der Waals surface area (Å²) < 4.78 is 38.1. The minimum absolute atomic E-state index is 0.0612. The standard InChI is InChI=1S/C19H15Cl2NO6S/c1-11(23)27-16-17(24)19(2,12-8-9-14(20)15(21)10-12)28-18(16)22-29(25,26)13-6-4-3-5-7-13/h3-10,22H,1-2H3. The van der Waals surface area contributed by atoms with Crippen LogP contribution in [0.1, 0.15) is 19.4 Å². The van der Waals surface area contributed by atoms with Crippen LogP contribution in [0.3, 0.4) is 0 Å². The summed E-state index contributed by atoms with van der Waals surface area (Å²) in [5.41, 5.74) is -1.39. The molecule has 1 atom stereocenters. The number of nitrogens with one attached hydrogen (secondary N) is 1. The third kappa shape index (κ3) is 4.10. The fraction of sp³-hybridized carbons (Fsp3) is 0.158. The average molecular weight is 456 g/mol. The Morgan fingerprint density at radius 2 is 1.76 bits per heavy atom. The first-order chi connectivity index (χ1) is 13.5. The number of halogens is 2. The topological polar surface area (TPSA) is 98.8 Å². The number of sulfonamides is 1. The third-order valence-corrected chi connectivity index (χ3v) is 6.23. The maximum Gasteiger partial charge on any atom is 0.308 e. The van der Waals surface area contributed by atoms with E-state index in [9.17, 15) is 18.0 Å². The number of rotatable bonds is 5. The van der Waals surface area contributed by atoms with Crippen LogP contribution in [-0.2, 0) is 34.7 Å². The van der Waals surface area contributed by atoms with Gasteiger partial charge in [0.1, 0.15) is 0 Å². The lowest BCUT2D eigenvalue weighted by Crippen LogP contribution is -2.32. The summed E-state index contributed by atoms with van der Waals surface area (Å²) >= 11 is 12.0. The Morgan fingerprint density at radius 3 is 2.34 bits per heavy atom. The smallest absolute Gasteiger partial charge is 0.308 e. The van der Waals surface area contributed by atoms with Crippen molar-refractivity contribution in [1.82, 2.24) is 4.72 Å². The molecule has 0 bridgehead atoms. The van der Waals surface area contributed by atoms with Gasteiger partial charge in [0.2, 0.25) is 5.76 Å². The zero-order valence-corrected chi connectivity index (χ0v) is 17.6. The van der Waals surface area contributed by atoms with Gasteiger partial charge in [-0.15, -0.1) is 0 Å². The molecule has 29 heavy (non-hydrogen) atoms. The van der Waals surface area contributed by atoms with E-state index in [1.807, 2.05) is 0 Å². The van der Waals surface area contributed by atoms with E-state index < -0.39 is 39.0 Å². The molecular formula is C19H15Cl2NO6S. The molecular weight excluding hydrogens is 441 g/mol. The summed E-state index contributed by atoms with van der Waals surface area (Å²) in [7, 11) is -4.11. The number of hydrogen-bond donors (Lipinski definition) is 1. The van der Waals surface area contributed by atoms with Crippen LogP contribution >= 0.6 is 23.2 Å². The molecule has 7 nitrogen and oxygen atoms in total. The quantitative estimate of drug-likeness (QED) is 0.692. The monoisotopic (exact) mass is 455 g/mol. The molecule has 0 spiro atoms. The van der Waals surface area contributed by atoms with E-state index in [0.717, 1.165) is 6.92 Å². The Bertz CT molecular complexity index is 1130. The normalized spacial score (nSPS) is 19.1. The molecule has 0 amide bonds. The van der Waals surface area contributed by atoms with Gasteiger partial charge in [0, 0.05) is 12.5 Å². The van der Waals surface area contributed by atoms with Crippen molar-refractivity contribution >= 4 is 45.0 Å². The fourth-order valence-corrected chi connectivity index (χ4v) is 3.99. The summed E-state index contributed by atoms with van der Waals surface area (Å²) in [4.78, 5) is 24.5. The predicted molar refractivity (Wildman–Crippen MR) is 105 cm³/mol. The molecule has 1 aliphatic heterocycles. The fourth-order valence-electron chi connectivity index (χ4n) is 2.68. The molecule has 0 radical (unpaired) electrons. The molecule has 2 aromatic carbocycles. The van der Waals surface area contributed by atoms with E-state index in [1.165, 1.54) is 49.4 Å². The summed E-state index contributed by atoms with van der Waals surface area (Å²) in [6.45, 7) is 2.49. The van der Waals surface area contributed by atoms with Crippen molar-refractivity contribution in [3.8, 4) is 0 Å². The van der Waals surface area contributed by atoms with Gasteiger partial charge in [-0.2, -0.15) is 0 Å². The van der Waals surface area contributed by atoms with Crippen LogP contribution in [0.5, 0.6) is 0 Å². The summed E-state index contributed by atoms with van der Waals surface area (Å²) in [5.74, 6) is -2.61. The highest BCUT2D eigenvalue weighted by molar-refractivity contribution is 7.89. The number of esters is 1. The van der Waals surface area contributed by atoms with Crippen LogP contribution in [0.4, 0.5) is 0 Å². The predicted octanol–water partition coefficient (Wildman–Crippen LogP) is 3.52. The number of carbonyl (C=O) groups excluding carboxylic acids is 2. The van der Waals surface area contributed by atoms with Gasteiger partial charge in [-0.05, 0) is 31.2 Å². The SMILES string of the molecule is CC(=O)OC1=C(NS(=O)(=O)c2ccccc2)OC(C)(c2ccc(Cl)c(Cl)c2)C1=O. The molecule has 10 heteroatoms. The van der Waals surface area contributed by atoms with Crippen molar-refractivity contribution < 1.29 is 27.5 Å². The van der Waals surface area contributed by atoms with Gasteiger partial charge in [0.25, 0.3) is 21.7 Å².